The summed E-state index contributed by atoms with van der Waals surface area (Å²) in [5.41, 5.74) is 4.24. The highest BCUT2D eigenvalue weighted by Crippen LogP contribution is 2.33. The average Bonchev–Trinajstić information content (AvgIpc) is 2.46. The summed E-state index contributed by atoms with van der Waals surface area (Å²) >= 11 is 0. The molecule has 1 atom stereocenters. The molecule has 0 N–H and O–H groups in total. The minimum absolute atomic E-state index is 0.686. The second kappa shape index (κ2) is 6.39. The lowest BCUT2D eigenvalue weighted by molar-refractivity contribution is 0.597. The monoisotopic (exact) mass is 238 g/mol. The van der Waals surface area contributed by atoms with E-state index in [1.165, 1.54) is 36.0 Å². The summed E-state index contributed by atoms with van der Waals surface area (Å²) in [6.45, 7) is 4.57. The van der Waals surface area contributed by atoms with Gasteiger partial charge in [-0.3, -0.25) is 0 Å². The lowest BCUT2D eigenvalue weighted by Gasteiger charge is -2.18. The van der Waals surface area contributed by atoms with Crippen molar-refractivity contribution in [3.8, 4) is 11.1 Å². The Balaban J connectivity index is 2.42. The van der Waals surface area contributed by atoms with Crippen LogP contribution in [0.1, 0.15) is 44.6 Å². The van der Waals surface area contributed by atoms with Gasteiger partial charge < -0.3 is 0 Å². The zero-order valence-electron chi connectivity index (χ0n) is 11.4. The van der Waals surface area contributed by atoms with Crippen LogP contribution in [-0.2, 0) is 0 Å². The maximum absolute atomic E-state index is 2.30. The molecule has 2 rings (SSSR count). The molecule has 1 unspecified atom stereocenters. The Hall–Kier alpha value is -1.56. The SMILES string of the molecule is CCCC(CC)c1ccccc1-c1ccccc1. The summed E-state index contributed by atoms with van der Waals surface area (Å²) in [6, 6.07) is 19.6. The summed E-state index contributed by atoms with van der Waals surface area (Å²) in [4.78, 5) is 0. The van der Waals surface area contributed by atoms with Crippen LogP contribution >= 0.6 is 0 Å². The van der Waals surface area contributed by atoms with Gasteiger partial charge in [0, 0.05) is 0 Å². The van der Waals surface area contributed by atoms with E-state index >= 15 is 0 Å². The highest BCUT2D eigenvalue weighted by atomic mass is 14.2. The first kappa shape index (κ1) is 12.9. The second-order valence-electron chi connectivity index (χ2n) is 4.85. The van der Waals surface area contributed by atoms with Crippen LogP contribution in [0.2, 0.25) is 0 Å². The van der Waals surface area contributed by atoms with Crippen molar-refractivity contribution >= 4 is 0 Å². The summed E-state index contributed by atoms with van der Waals surface area (Å²) < 4.78 is 0. The first-order valence-electron chi connectivity index (χ1n) is 7.01. The number of hydrogen-bond donors (Lipinski definition) is 0. The van der Waals surface area contributed by atoms with Crippen LogP contribution in [0.4, 0.5) is 0 Å². The Morgan fingerprint density at radius 1 is 0.833 bits per heavy atom. The molecule has 0 fully saturated rings. The Kier molecular flexibility index (Phi) is 4.58. The molecule has 0 radical (unpaired) electrons. The zero-order valence-corrected chi connectivity index (χ0v) is 11.4. The van der Waals surface area contributed by atoms with Crippen LogP contribution in [0.5, 0.6) is 0 Å². The highest BCUT2D eigenvalue weighted by molar-refractivity contribution is 5.67. The zero-order chi connectivity index (χ0) is 12.8. The molecule has 0 aliphatic heterocycles. The van der Waals surface area contributed by atoms with Gasteiger partial charge in [0.15, 0.2) is 0 Å². The minimum Gasteiger partial charge on any atom is -0.0654 e. The summed E-state index contributed by atoms with van der Waals surface area (Å²) in [5.74, 6) is 0.686. The van der Waals surface area contributed by atoms with Gasteiger partial charge in [-0.05, 0) is 35.4 Å². The highest BCUT2D eigenvalue weighted by Gasteiger charge is 2.13. The van der Waals surface area contributed by atoms with Crippen molar-refractivity contribution in [2.24, 2.45) is 0 Å². The maximum atomic E-state index is 2.30. The topological polar surface area (TPSA) is 0 Å². The van der Waals surface area contributed by atoms with Crippen LogP contribution in [0.3, 0.4) is 0 Å². The first-order valence-corrected chi connectivity index (χ1v) is 7.01. The van der Waals surface area contributed by atoms with Gasteiger partial charge in [0.1, 0.15) is 0 Å². The Labute approximate surface area is 111 Å². The molecular weight excluding hydrogens is 216 g/mol. The van der Waals surface area contributed by atoms with E-state index in [1.807, 2.05) is 0 Å². The van der Waals surface area contributed by atoms with Gasteiger partial charge >= 0.3 is 0 Å². The fourth-order valence-electron chi connectivity index (χ4n) is 2.66. The normalized spacial score (nSPS) is 12.3. The third kappa shape index (κ3) is 2.81. The van der Waals surface area contributed by atoms with E-state index in [0.29, 0.717) is 5.92 Å². The Bertz CT molecular complexity index is 470. The van der Waals surface area contributed by atoms with Crippen molar-refractivity contribution in [3.63, 3.8) is 0 Å². The van der Waals surface area contributed by atoms with Crippen LogP contribution in [-0.4, -0.2) is 0 Å². The molecule has 94 valence electrons. The summed E-state index contributed by atoms with van der Waals surface area (Å²) in [6.07, 6.45) is 3.75. The molecule has 0 spiro atoms. The molecule has 0 heterocycles. The van der Waals surface area contributed by atoms with Gasteiger partial charge in [-0.25, -0.2) is 0 Å². The molecule has 0 amide bonds. The molecule has 2 aromatic rings. The van der Waals surface area contributed by atoms with Crippen molar-refractivity contribution < 1.29 is 0 Å². The van der Waals surface area contributed by atoms with Gasteiger partial charge in [-0.15, -0.1) is 0 Å². The molecule has 0 aliphatic carbocycles. The molecule has 0 aliphatic rings. The molecule has 2 aromatic carbocycles. The summed E-state index contributed by atoms with van der Waals surface area (Å²) in [7, 11) is 0. The predicted molar refractivity (Wildman–Crippen MR) is 79.8 cm³/mol. The van der Waals surface area contributed by atoms with Crippen molar-refractivity contribution in [2.75, 3.05) is 0 Å². The van der Waals surface area contributed by atoms with Crippen molar-refractivity contribution in [1.82, 2.24) is 0 Å². The number of rotatable bonds is 5. The van der Waals surface area contributed by atoms with E-state index < -0.39 is 0 Å². The van der Waals surface area contributed by atoms with Gasteiger partial charge in [0.25, 0.3) is 0 Å². The lowest BCUT2D eigenvalue weighted by Crippen LogP contribution is -1.99. The second-order valence-corrected chi connectivity index (χ2v) is 4.85. The third-order valence-electron chi connectivity index (χ3n) is 3.62. The minimum atomic E-state index is 0.686. The number of hydrogen-bond acceptors (Lipinski definition) is 0. The van der Waals surface area contributed by atoms with Gasteiger partial charge in [-0.2, -0.15) is 0 Å². The molecular formula is C18H22. The Morgan fingerprint density at radius 2 is 1.50 bits per heavy atom. The first-order chi connectivity index (χ1) is 8.86. The van der Waals surface area contributed by atoms with E-state index in [-0.39, 0.29) is 0 Å². The van der Waals surface area contributed by atoms with Crippen LogP contribution < -0.4 is 0 Å². The smallest absolute Gasteiger partial charge is 0.0149 e. The van der Waals surface area contributed by atoms with Crippen molar-refractivity contribution in [1.29, 1.82) is 0 Å². The molecule has 0 nitrogen and oxygen atoms in total. The van der Waals surface area contributed by atoms with E-state index in [2.05, 4.69) is 68.4 Å². The molecule has 0 aromatic heterocycles. The molecule has 18 heavy (non-hydrogen) atoms. The molecule has 0 bridgehead atoms. The van der Waals surface area contributed by atoms with Gasteiger partial charge in [0.05, 0.1) is 0 Å². The van der Waals surface area contributed by atoms with E-state index in [4.69, 9.17) is 0 Å². The van der Waals surface area contributed by atoms with E-state index in [1.54, 1.807) is 0 Å². The fraction of sp³-hybridized carbons (Fsp3) is 0.333. The summed E-state index contributed by atoms with van der Waals surface area (Å²) in [5, 5.41) is 0. The van der Waals surface area contributed by atoms with Crippen molar-refractivity contribution in [3.05, 3.63) is 60.2 Å². The quantitative estimate of drug-likeness (QED) is 0.631. The Morgan fingerprint density at radius 3 is 2.17 bits per heavy atom. The van der Waals surface area contributed by atoms with Gasteiger partial charge in [0.2, 0.25) is 0 Å². The lowest BCUT2D eigenvalue weighted by atomic mass is 9.86. The molecule has 0 heteroatoms. The largest absolute Gasteiger partial charge is 0.0654 e. The van der Waals surface area contributed by atoms with Crippen LogP contribution in [0.15, 0.2) is 54.6 Å². The number of benzene rings is 2. The van der Waals surface area contributed by atoms with Gasteiger partial charge in [-0.1, -0.05) is 74.9 Å². The predicted octanol–water partition coefficient (Wildman–Crippen LogP) is 5.65. The molecule has 0 saturated heterocycles. The molecule has 0 saturated carbocycles. The van der Waals surface area contributed by atoms with E-state index in [9.17, 15) is 0 Å². The fourth-order valence-corrected chi connectivity index (χ4v) is 2.66. The standard InChI is InChI=1S/C18H22/c1-3-10-15(4-2)17-13-8-9-14-18(17)16-11-6-5-7-12-16/h5-9,11-15H,3-4,10H2,1-2H3. The van der Waals surface area contributed by atoms with Crippen molar-refractivity contribution in [2.45, 2.75) is 39.0 Å². The van der Waals surface area contributed by atoms with Crippen LogP contribution in [0.25, 0.3) is 11.1 Å². The third-order valence-corrected chi connectivity index (χ3v) is 3.62. The van der Waals surface area contributed by atoms with Crippen LogP contribution in [0, 0.1) is 0 Å². The maximum Gasteiger partial charge on any atom is -0.0149 e. The average molecular weight is 238 g/mol. The van der Waals surface area contributed by atoms with E-state index in [0.717, 1.165) is 0 Å².